The highest BCUT2D eigenvalue weighted by molar-refractivity contribution is 5.00. The van der Waals surface area contributed by atoms with E-state index in [9.17, 15) is 0 Å². The van der Waals surface area contributed by atoms with Crippen LogP contribution in [0.3, 0.4) is 0 Å². The molecule has 2 nitrogen and oxygen atoms in total. The quantitative estimate of drug-likeness (QED) is 0.794. The minimum Gasteiger partial charge on any atom is -0.380 e. The SMILES string of the molecule is CCOCC(N)C1C2CC3CC(C2)CC1C3. The lowest BCUT2D eigenvalue weighted by Gasteiger charge is -2.56. The molecular weight excluding hydrogens is 198 g/mol. The Morgan fingerprint density at radius 3 is 2.12 bits per heavy atom. The average molecular weight is 223 g/mol. The van der Waals surface area contributed by atoms with Crippen molar-refractivity contribution in [1.82, 2.24) is 0 Å². The normalized spacial score (nSPS) is 47.2. The van der Waals surface area contributed by atoms with Crippen molar-refractivity contribution in [2.45, 2.75) is 45.1 Å². The van der Waals surface area contributed by atoms with Gasteiger partial charge in [-0.3, -0.25) is 0 Å². The molecule has 0 spiro atoms. The number of hydrogen-bond acceptors (Lipinski definition) is 2. The van der Waals surface area contributed by atoms with E-state index in [4.69, 9.17) is 10.5 Å². The average Bonchev–Trinajstić information content (AvgIpc) is 2.24. The molecule has 0 aliphatic heterocycles. The summed E-state index contributed by atoms with van der Waals surface area (Å²) >= 11 is 0. The summed E-state index contributed by atoms with van der Waals surface area (Å²) in [7, 11) is 0. The van der Waals surface area contributed by atoms with Crippen LogP contribution in [0, 0.1) is 29.6 Å². The summed E-state index contributed by atoms with van der Waals surface area (Å²) in [5.41, 5.74) is 6.36. The van der Waals surface area contributed by atoms with Crippen LogP contribution >= 0.6 is 0 Å². The van der Waals surface area contributed by atoms with Gasteiger partial charge in [-0.15, -0.1) is 0 Å². The molecule has 2 heteroatoms. The predicted molar refractivity (Wildman–Crippen MR) is 65.0 cm³/mol. The topological polar surface area (TPSA) is 35.2 Å². The summed E-state index contributed by atoms with van der Waals surface area (Å²) < 4.78 is 5.53. The van der Waals surface area contributed by atoms with Crippen LogP contribution in [0.25, 0.3) is 0 Å². The van der Waals surface area contributed by atoms with Gasteiger partial charge in [-0.1, -0.05) is 0 Å². The van der Waals surface area contributed by atoms with Crippen LogP contribution in [-0.2, 0) is 4.74 Å². The number of rotatable bonds is 4. The molecule has 0 aromatic carbocycles. The van der Waals surface area contributed by atoms with E-state index in [-0.39, 0.29) is 0 Å². The molecule has 92 valence electrons. The van der Waals surface area contributed by atoms with Gasteiger partial charge in [0.2, 0.25) is 0 Å². The molecule has 0 aromatic rings. The van der Waals surface area contributed by atoms with Crippen LogP contribution < -0.4 is 5.73 Å². The molecule has 1 atom stereocenters. The Bertz CT molecular complexity index is 225. The monoisotopic (exact) mass is 223 g/mol. The van der Waals surface area contributed by atoms with E-state index in [0.29, 0.717) is 6.04 Å². The largest absolute Gasteiger partial charge is 0.380 e. The van der Waals surface area contributed by atoms with Crippen molar-refractivity contribution in [1.29, 1.82) is 0 Å². The zero-order chi connectivity index (χ0) is 11.1. The lowest BCUT2D eigenvalue weighted by atomic mass is 9.50. The third-order valence-electron chi connectivity index (χ3n) is 5.31. The highest BCUT2D eigenvalue weighted by atomic mass is 16.5. The van der Waals surface area contributed by atoms with Gasteiger partial charge in [-0.05, 0) is 68.6 Å². The Morgan fingerprint density at radius 1 is 1.06 bits per heavy atom. The van der Waals surface area contributed by atoms with Gasteiger partial charge in [0, 0.05) is 12.6 Å². The maximum Gasteiger partial charge on any atom is 0.0620 e. The van der Waals surface area contributed by atoms with Crippen molar-refractivity contribution in [3.8, 4) is 0 Å². The molecule has 0 amide bonds. The fraction of sp³-hybridized carbons (Fsp3) is 1.00. The molecule has 2 N–H and O–H groups in total. The second kappa shape index (κ2) is 4.30. The lowest BCUT2D eigenvalue weighted by Crippen LogP contribution is -2.53. The third kappa shape index (κ3) is 1.80. The molecule has 4 saturated carbocycles. The Hall–Kier alpha value is -0.0800. The zero-order valence-corrected chi connectivity index (χ0v) is 10.4. The fourth-order valence-electron chi connectivity index (χ4n) is 5.03. The van der Waals surface area contributed by atoms with E-state index in [1.165, 1.54) is 32.1 Å². The van der Waals surface area contributed by atoms with Crippen LogP contribution in [0.4, 0.5) is 0 Å². The molecule has 0 aromatic heterocycles. The molecule has 4 fully saturated rings. The first-order chi connectivity index (χ1) is 7.78. The van der Waals surface area contributed by atoms with Gasteiger partial charge in [-0.2, -0.15) is 0 Å². The zero-order valence-electron chi connectivity index (χ0n) is 10.4. The van der Waals surface area contributed by atoms with E-state index in [1.807, 2.05) is 0 Å². The molecule has 4 bridgehead atoms. The van der Waals surface area contributed by atoms with E-state index in [0.717, 1.165) is 42.8 Å². The van der Waals surface area contributed by atoms with Crippen molar-refractivity contribution >= 4 is 0 Å². The van der Waals surface area contributed by atoms with Crippen molar-refractivity contribution < 1.29 is 4.74 Å². The Balaban J connectivity index is 1.67. The standard InChI is InChI=1S/C14H25NO/c1-2-16-8-13(15)14-11-4-9-3-10(6-11)7-12(14)5-9/h9-14H,2-8,15H2,1H3. The Labute approximate surface area is 98.9 Å². The molecule has 1 unspecified atom stereocenters. The first-order valence-electron chi connectivity index (χ1n) is 7.11. The molecule has 16 heavy (non-hydrogen) atoms. The number of ether oxygens (including phenoxy) is 1. The first kappa shape index (κ1) is 11.0. The molecular formula is C14H25NO. The van der Waals surface area contributed by atoms with Gasteiger partial charge in [0.15, 0.2) is 0 Å². The number of nitrogens with two attached hydrogens (primary N) is 1. The maximum atomic E-state index is 6.36. The van der Waals surface area contributed by atoms with E-state index in [1.54, 1.807) is 0 Å². The summed E-state index contributed by atoms with van der Waals surface area (Å²) in [5, 5.41) is 0. The summed E-state index contributed by atoms with van der Waals surface area (Å²) in [6.45, 7) is 3.65. The molecule has 4 rings (SSSR count). The van der Waals surface area contributed by atoms with Gasteiger partial charge in [0.05, 0.1) is 6.61 Å². The third-order valence-corrected chi connectivity index (χ3v) is 5.31. The van der Waals surface area contributed by atoms with Crippen LogP contribution in [0.1, 0.15) is 39.0 Å². The van der Waals surface area contributed by atoms with Gasteiger partial charge >= 0.3 is 0 Å². The lowest BCUT2D eigenvalue weighted by molar-refractivity contribution is -0.0576. The highest BCUT2D eigenvalue weighted by Gasteiger charge is 2.49. The van der Waals surface area contributed by atoms with Crippen molar-refractivity contribution in [2.24, 2.45) is 35.3 Å². The van der Waals surface area contributed by atoms with Crippen LogP contribution in [0.2, 0.25) is 0 Å². The molecule has 0 heterocycles. The highest BCUT2D eigenvalue weighted by Crippen LogP contribution is 2.57. The second-order valence-electron chi connectivity index (χ2n) is 6.33. The summed E-state index contributed by atoms with van der Waals surface area (Å²) in [4.78, 5) is 0. The van der Waals surface area contributed by atoms with E-state index in [2.05, 4.69) is 6.92 Å². The van der Waals surface area contributed by atoms with Crippen LogP contribution in [-0.4, -0.2) is 19.3 Å². The Morgan fingerprint density at radius 2 is 1.62 bits per heavy atom. The smallest absolute Gasteiger partial charge is 0.0620 e. The van der Waals surface area contributed by atoms with E-state index < -0.39 is 0 Å². The molecule has 0 radical (unpaired) electrons. The predicted octanol–water partition coefficient (Wildman–Crippen LogP) is 2.42. The molecule has 4 aliphatic rings. The maximum absolute atomic E-state index is 6.36. The molecule has 0 saturated heterocycles. The van der Waals surface area contributed by atoms with E-state index >= 15 is 0 Å². The summed E-state index contributed by atoms with van der Waals surface area (Å²) in [6.07, 6.45) is 7.41. The second-order valence-corrected chi connectivity index (χ2v) is 6.33. The first-order valence-corrected chi connectivity index (χ1v) is 7.11. The minimum absolute atomic E-state index is 0.301. The summed E-state index contributed by atoms with van der Waals surface area (Å²) in [5.74, 6) is 4.76. The fourth-order valence-corrected chi connectivity index (χ4v) is 5.03. The van der Waals surface area contributed by atoms with Gasteiger partial charge < -0.3 is 10.5 Å². The van der Waals surface area contributed by atoms with Gasteiger partial charge in [0.1, 0.15) is 0 Å². The van der Waals surface area contributed by atoms with Gasteiger partial charge in [0.25, 0.3) is 0 Å². The van der Waals surface area contributed by atoms with Crippen molar-refractivity contribution in [3.63, 3.8) is 0 Å². The minimum atomic E-state index is 0.301. The molecule has 4 aliphatic carbocycles. The van der Waals surface area contributed by atoms with Crippen LogP contribution in [0.15, 0.2) is 0 Å². The van der Waals surface area contributed by atoms with Crippen molar-refractivity contribution in [2.75, 3.05) is 13.2 Å². The Kier molecular flexibility index (Phi) is 2.97. The van der Waals surface area contributed by atoms with Crippen LogP contribution in [0.5, 0.6) is 0 Å². The summed E-state index contributed by atoms with van der Waals surface area (Å²) in [6, 6.07) is 0.301. The number of hydrogen-bond donors (Lipinski definition) is 1. The van der Waals surface area contributed by atoms with Gasteiger partial charge in [-0.25, -0.2) is 0 Å². The van der Waals surface area contributed by atoms with Crippen molar-refractivity contribution in [3.05, 3.63) is 0 Å².